The molecule has 0 amide bonds. The van der Waals surface area contributed by atoms with Gasteiger partial charge in [-0.15, -0.1) is 0 Å². The summed E-state index contributed by atoms with van der Waals surface area (Å²) in [4.78, 5) is 26.9. The molecule has 2 aromatic carbocycles. The summed E-state index contributed by atoms with van der Waals surface area (Å²) in [6.45, 7) is 3.46. The number of carbonyl (C=O) groups excluding carboxylic acids is 1. The first kappa shape index (κ1) is 17.3. The van der Waals surface area contributed by atoms with E-state index in [1.54, 1.807) is 25.1 Å². The minimum Gasteiger partial charge on any atom is -0.402 e. The van der Waals surface area contributed by atoms with Crippen molar-refractivity contribution in [1.29, 1.82) is 0 Å². The fourth-order valence-electron chi connectivity index (χ4n) is 2.65. The van der Waals surface area contributed by atoms with Gasteiger partial charge in [0.25, 0.3) is 5.69 Å². The summed E-state index contributed by atoms with van der Waals surface area (Å²) in [6.07, 6.45) is 3.56. The van der Waals surface area contributed by atoms with Crippen LogP contribution in [-0.4, -0.2) is 16.8 Å². The average Bonchev–Trinajstić information content (AvgIpc) is 2.96. The monoisotopic (exact) mass is 348 g/mol. The van der Waals surface area contributed by atoms with E-state index in [1.807, 2.05) is 43.3 Å². The molecule has 0 radical (unpaired) electrons. The number of rotatable bonds is 4. The molecule has 26 heavy (non-hydrogen) atoms. The van der Waals surface area contributed by atoms with Crippen molar-refractivity contribution in [2.45, 2.75) is 13.8 Å². The molecule has 1 aliphatic heterocycles. The highest BCUT2D eigenvalue weighted by Crippen LogP contribution is 2.25. The number of cyclic esters (lactones) is 1. The van der Waals surface area contributed by atoms with Gasteiger partial charge in [0.2, 0.25) is 5.90 Å². The zero-order valence-electron chi connectivity index (χ0n) is 14.3. The summed E-state index contributed by atoms with van der Waals surface area (Å²) in [5.41, 5.74) is 2.80. The smallest absolute Gasteiger partial charge is 0.363 e. The van der Waals surface area contributed by atoms with E-state index in [2.05, 4.69) is 4.99 Å². The lowest BCUT2D eigenvalue weighted by Crippen LogP contribution is -2.08. The number of esters is 1. The van der Waals surface area contributed by atoms with Crippen LogP contribution in [0.3, 0.4) is 0 Å². The number of nitrogens with zero attached hydrogens (tertiary/aromatic N) is 2. The van der Waals surface area contributed by atoms with Gasteiger partial charge in [-0.05, 0) is 37.1 Å². The van der Waals surface area contributed by atoms with Crippen LogP contribution < -0.4 is 0 Å². The van der Waals surface area contributed by atoms with Gasteiger partial charge in [0, 0.05) is 17.2 Å². The van der Waals surface area contributed by atoms with Gasteiger partial charge in [-0.2, -0.15) is 0 Å². The van der Waals surface area contributed by atoms with Crippen molar-refractivity contribution in [3.05, 3.63) is 92.7 Å². The van der Waals surface area contributed by atoms with E-state index in [0.717, 1.165) is 11.1 Å². The summed E-state index contributed by atoms with van der Waals surface area (Å²) in [7, 11) is 0. The second-order valence-corrected chi connectivity index (χ2v) is 5.84. The highest BCUT2D eigenvalue weighted by Gasteiger charge is 2.27. The van der Waals surface area contributed by atoms with Crippen molar-refractivity contribution in [3.8, 4) is 0 Å². The Balaban J connectivity index is 1.94. The molecule has 0 saturated heterocycles. The van der Waals surface area contributed by atoms with Gasteiger partial charge in [-0.3, -0.25) is 10.1 Å². The predicted molar refractivity (Wildman–Crippen MR) is 98.6 cm³/mol. The molecular formula is C20H16N2O4. The number of nitro benzene ring substituents is 1. The Bertz CT molecular complexity index is 973. The molecule has 0 saturated carbocycles. The summed E-state index contributed by atoms with van der Waals surface area (Å²) in [6, 6.07) is 14.3. The third kappa shape index (κ3) is 3.59. The third-order valence-corrected chi connectivity index (χ3v) is 3.91. The van der Waals surface area contributed by atoms with Crippen LogP contribution in [-0.2, 0) is 9.53 Å². The molecule has 0 N–H and O–H groups in total. The molecule has 6 nitrogen and oxygen atoms in total. The third-order valence-electron chi connectivity index (χ3n) is 3.91. The van der Waals surface area contributed by atoms with Gasteiger partial charge < -0.3 is 4.74 Å². The Morgan fingerprint density at radius 2 is 1.88 bits per heavy atom. The standard InChI is InChI=1S/C20H16N2O4/c1-13(11-15-7-4-3-5-8-15)12-17-20(23)26-19(21-17)16-9-6-10-18(14(16)2)22(24)25/h3-12H,1-2H3/b13-11+,17-12-. The van der Waals surface area contributed by atoms with Gasteiger partial charge in [0.15, 0.2) is 5.70 Å². The molecule has 0 aromatic heterocycles. The van der Waals surface area contributed by atoms with Crippen molar-refractivity contribution in [1.82, 2.24) is 0 Å². The maximum atomic E-state index is 12.1. The summed E-state index contributed by atoms with van der Waals surface area (Å²) in [5, 5.41) is 11.1. The number of hydrogen-bond acceptors (Lipinski definition) is 5. The molecule has 0 spiro atoms. The fourth-order valence-corrected chi connectivity index (χ4v) is 2.65. The number of benzene rings is 2. The molecule has 6 heteroatoms. The van der Waals surface area contributed by atoms with Crippen molar-refractivity contribution < 1.29 is 14.5 Å². The number of ether oxygens (including phenoxy) is 1. The molecule has 0 fully saturated rings. The topological polar surface area (TPSA) is 81.8 Å². The fraction of sp³-hybridized carbons (Fsp3) is 0.100. The summed E-state index contributed by atoms with van der Waals surface area (Å²) >= 11 is 0. The van der Waals surface area contributed by atoms with Crippen LogP contribution in [0, 0.1) is 17.0 Å². The van der Waals surface area contributed by atoms with Crippen LogP contribution in [0.15, 0.2) is 70.9 Å². The van der Waals surface area contributed by atoms with E-state index in [4.69, 9.17) is 4.74 Å². The van der Waals surface area contributed by atoms with Crippen molar-refractivity contribution >= 4 is 23.6 Å². The van der Waals surface area contributed by atoms with Crippen molar-refractivity contribution in [2.75, 3.05) is 0 Å². The van der Waals surface area contributed by atoms with Crippen LogP contribution >= 0.6 is 0 Å². The molecule has 2 aromatic rings. The number of nitro groups is 1. The Morgan fingerprint density at radius 3 is 2.58 bits per heavy atom. The van der Waals surface area contributed by atoms with Crippen molar-refractivity contribution in [2.24, 2.45) is 4.99 Å². The van der Waals surface area contributed by atoms with E-state index >= 15 is 0 Å². The first-order valence-corrected chi connectivity index (χ1v) is 7.96. The Kier molecular flexibility index (Phi) is 4.75. The average molecular weight is 348 g/mol. The minimum absolute atomic E-state index is 0.0427. The van der Waals surface area contributed by atoms with Gasteiger partial charge in [-0.1, -0.05) is 42.5 Å². The molecule has 130 valence electrons. The largest absolute Gasteiger partial charge is 0.402 e. The van der Waals surface area contributed by atoms with E-state index < -0.39 is 10.9 Å². The second-order valence-electron chi connectivity index (χ2n) is 5.84. The molecule has 0 unspecified atom stereocenters. The first-order valence-electron chi connectivity index (χ1n) is 7.96. The molecule has 1 aliphatic rings. The molecular weight excluding hydrogens is 332 g/mol. The van der Waals surface area contributed by atoms with Gasteiger partial charge in [-0.25, -0.2) is 9.79 Å². The minimum atomic E-state index is -0.577. The zero-order valence-corrected chi connectivity index (χ0v) is 14.3. The quantitative estimate of drug-likeness (QED) is 0.359. The lowest BCUT2D eigenvalue weighted by Gasteiger charge is -2.04. The zero-order chi connectivity index (χ0) is 18.7. The van der Waals surface area contributed by atoms with Crippen LogP contribution in [0.25, 0.3) is 6.08 Å². The SMILES string of the molecule is CC(/C=C1\N=C(c2cccc([N+](=O)[O-])c2C)OC1=O)=C\c1ccccc1. The van der Waals surface area contributed by atoms with Crippen LogP contribution in [0.5, 0.6) is 0 Å². The molecule has 3 rings (SSSR count). The van der Waals surface area contributed by atoms with Gasteiger partial charge in [0.05, 0.1) is 4.92 Å². The lowest BCUT2D eigenvalue weighted by molar-refractivity contribution is -0.385. The first-order chi connectivity index (χ1) is 12.5. The lowest BCUT2D eigenvalue weighted by atomic mass is 10.1. The number of carbonyl (C=O) groups is 1. The maximum absolute atomic E-state index is 12.1. The molecule has 0 aliphatic carbocycles. The Morgan fingerprint density at radius 1 is 1.15 bits per heavy atom. The Labute approximate surface area is 150 Å². The van der Waals surface area contributed by atoms with Crippen LogP contribution in [0.4, 0.5) is 5.69 Å². The van der Waals surface area contributed by atoms with Gasteiger partial charge in [0.1, 0.15) is 0 Å². The van der Waals surface area contributed by atoms with E-state index in [1.165, 1.54) is 6.07 Å². The highest BCUT2D eigenvalue weighted by atomic mass is 16.6. The molecule has 1 heterocycles. The van der Waals surface area contributed by atoms with Crippen molar-refractivity contribution in [3.63, 3.8) is 0 Å². The van der Waals surface area contributed by atoms with E-state index in [9.17, 15) is 14.9 Å². The molecule has 0 atom stereocenters. The predicted octanol–water partition coefficient (Wildman–Crippen LogP) is 4.19. The molecule has 0 bridgehead atoms. The van der Waals surface area contributed by atoms with E-state index in [0.29, 0.717) is 11.1 Å². The van der Waals surface area contributed by atoms with E-state index in [-0.39, 0.29) is 17.3 Å². The Hall–Kier alpha value is -3.54. The number of aliphatic imine (C=N–C) groups is 1. The number of allylic oxidation sites excluding steroid dienone is 2. The summed E-state index contributed by atoms with van der Waals surface area (Å²) in [5.74, 6) is -0.498. The number of hydrogen-bond donors (Lipinski definition) is 0. The van der Waals surface area contributed by atoms with Crippen LogP contribution in [0.1, 0.15) is 23.6 Å². The maximum Gasteiger partial charge on any atom is 0.363 e. The summed E-state index contributed by atoms with van der Waals surface area (Å²) < 4.78 is 5.22. The normalized spacial score (nSPS) is 15.8. The van der Waals surface area contributed by atoms with Gasteiger partial charge >= 0.3 is 5.97 Å². The van der Waals surface area contributed by atoms with Crippen LogP contribution in [0.2, 0.25) is 0 Å². The second kappa shape index (κ2) is 7.14. The highest BCUT2D eigenvalue weighted by molar-refractivity contribution is 6.12.